The highest BCUT2D eigenvalue weighted by molar-refractivity contribution is 8.00. The van der Waals surface area contributed by atoms with Gasteiger partial charge >= 0.3 is 11.0 Å². The van der Waals surface area contributed by atoms with E-state index in [2.05, 4.69) is 9.98 Å². The summed E-state index contributed by atoms with van der Waals surface area (Å²) in [7, 11) is 3.06. The molecule has 0 amide bonds. The van der Waals surface area contributed by atoms with E-state index in [1.54, 1.807) is 55.6 Å². The highest BCUT2D eigenvalue weighted by atomic mass is 35.5. The fraction of sp³-hybridized carbons (Fsp3) is 0.167. The number of fused-ring (bicyclic) bond motifs is 2. The number of nitrogens with zero attached hydrogens (tertiary/aromatic N) is 1. The summed E-state index contributed by atoms with van der Waals surface area (Å²) in [5, 5.41) is 1.26. The van der Waals surface area contributed by atoms with Crippen LogP contribution in [0.5, 0.6) is 11.5 Å². The standard InChI is InChI=1S/C24H18Cl2F3NOS.C24H17ClF3NO2S/c1-14-13-23(26,19-11-20(25)22(31-2)12-21(19)30-14)17-7-3-15(4-8-17)16-5-9-18(10-6-16)32-24(27,28)29;1-13-22(23(30)18-11-19(25)21(31-2)12-20(18)29-13)16-5-3-14(4-6-16)15-7-9-17(10-8-15)32-24(26,27)28/h3-12H,13H2,1-2H3;3-12H,1-2H3,(H,29,30). The summed E-state index contributed by atoms with van der Waals surface area (Å²) in [6, 6.07) is 34.3. The predicted molar refractivity (Wildman–Crippen MR) is 249 cm³/mol. The summed E-state index contributed by atoms with van der Waals surface area (Å²) in [5.74, 6) is 1.01. The molecule has 6 aromatic carbocycles. The van der Waals surface area contributed by atoms with Crippen LogP contribution >= 0.6 is 58.3 Å². The third-order valence-corrected chi connectivity index (χ3v) is 13.0. The highest BCUT2D eigenvalue weighted by Crippen LogP contribution is 2.50. The van der Waals surface area contributed by atoms with E-state index in [-0.39, 0.29) is 38.7 Å². The van der Waals surface area contributed by atoms with Crippen LogP contribution in [0.3, 0.4) is 0 Å². The van der Waals surface area contributed by atoms with Gasteiger partial charge in [-0.05, 0) is 107 Å². The molecule has 0 saturated carbocycles. The van der Waals surface area contributed by atoms with E-state index in [9.17, 15) is 31.1 Å². The Bertz CT molecular complexity index is 2930. The Balaban J connectivity index is 0.000000191. The van der Waals surface area contributed by atoms with E-state index in [4.69, 9.17) is 44.3 Å². The molecule has 8 rings (SSSR count). The largest absolute Gasteiger partial charge is 0.495 e. The van der Waals surface area contributed by atoms with Gasteiger partial charge < -0.3 is 14.5 Å². The minimum atomic E-state index is -4.32. The third-order valence-electron chi connectivity index (χ3n) is 10.3. The van der Waals surface area contributed by atoms with Crippen LogP contribution < -0.4 is 14.9 Å². The first-order valence-electron chi connectivity index (χ1n) is 19.2. The van der Waals surface area contributed by atoms with Gasteiger partial charge in [-0.25, -0.2) is 0 Å². The minimum Gasteiger partial charge on any atom is -0.495 e. The lowest BCUT2D eigenvalue weighted by Gasteiger charge is -2.33. The van der Waals surface area contributed by atoms with Crippen molar-refractivity contribution in [2.24, 2.45) is 4.99 Å². The first-order valence-corrected chi connectivity index (χ1v) is 22.0. The number of thioether (sulfide) groups is 2. The maximum atomic E-state index is 13.2. The quantitative estimate of drug-likeness (QED) is 0.0934. The Hall–Kier alpha value is -5.05. The monoisotopic (exact) mass is 970 g/mol. The molecule has 1 aliphatic heterocycles. The van der Waals surface area contributed by atoms with Gasteiger partial charge in [-0.2, -0.15) is 26.3 Å². The van der Waals surface area contributed by atoms with Crippen LogP contribution in [0.15, 0.2) is 141 Å². The molecule has 1 N–H and O–H groups in total. The fourth-order valence-electron chi connectivity index (χ4n) is 7.43. The molecule has 1 aliphatic rings. The van der Waals surface area contributed by atoms with E-state index in [0.29, 0.717) is 55.8 Å². The molecule has 0 aliphatic carbocycles. The number of alkyl halides is 7. The number of hydrogen-bond donors (Lipinski definition) is 1. The number of benzene rings is 6. The number of rotatable bonds is 8. The number of H-pyrrole nitrogens is 1. The van der Waals surface area contributed by atoms with Crippen molar-refractivity contribution in [2.45, 2.75) is 46.0 Å². The number of aromatic nitrogens is 1. The van der Waals surface area contributed by atoms with Crippen LogP contribution in [-0.4, -0.2) is 35.9 Å². The van der Waals surface area contributed by atoms with E-state index in [1.165, 1.54) is 31.4 Å². The molecule has 0 saturated heterocycles. The van der Waals surface area contributed by atoms with Crippen molar-refractivity contribution in [1.82, 2.24) is 4.98 Å². The lowest BCUT2D eigenvalue weighted by atomic mass is 9.82. The molecule has 1 aromatic heterocycles. The number of aryl methyl sites for hydroxylation is 1. The Kier molecular flexibility index (Phi) is 13.8. The van der Waals surface area contributed by atoms with Crippen LogP contribution in [0.4, 0.5) is 32.0 Å². The molecule has 5 nitrogen and oxygen atoms in total. The Labute approximate surface area is 387 Å². The van der Waals surface area contributed by atoms with Crippen molar-refractivity contribution in [1.29, 1.82) is 0 Å². The van der Waals surface area contributed by atoms with Crippen LogP contribution in [0.2, 0.25) is 10.0 Å². The molecule has 1 atom stereocenters. The second-order valence-electron chi connectivity index (χ2n) is 14.6. The topological polar surface area (TPSA) is 63.7 Å². The normalized spacial score (nSPS) is 14.9. The van der Waals surface area contributed by atoms with Crippen molar-refractivity contribution in [3.8, 4) is 44.9 Å². The maximum Gasteiger partial charge on any atom is 0.446 e. The molecule has 0 bridgehead atoms. The number of aromatic amines is 1. The number of hydrogen-bond acceptors (Lipinski definition) is 6. The van der Waals surface area contributed by atoms with Crippen molar-refractivity contribution in [3.05, 3.63) is 158 Å². The average Bonchev–Trinajstić information content (AvgIpc) is 3.24. The van der Waals surface area contributed by atoms with E-state index >= 15 is 0 Å². The van der Waals surface area contributed by atoms with Gasteiger partial charge in [0.05, 0.1) is 35.5 Å². The van der Waals surface area contributed by atoms with Gasteiger partial charge in [0.15, 0.2) is 5.43 Å². The number of halogens is 9. The second kappa shape index (κ2) is 18.8. The maximum absolute atomic E-state index is 13.2. The summed E-state index contributed by atoms with van der Waals surface area (Å²) < 4.78 is 85.7. The zero-order valence-corrected chi connectivity index (χ0v) is 38.0. The number of methoxy groups -OCH3 is 2. The van der Waals surface area contributed by atoms with Crippen LogP contribution in [0.1, 0.15) is 30.2 Å². The van der Waals surface area contributed by atoms with Gasteiger partial charge in [0, 0.05) is 56.3 Å². The molecule has 2 heterocycles. The van der Waals surface area contributed by atoms with E-state index in [0.717, 1.165) is 44.7 Å². The number of ether oxygens (including phenoxy) is 2. The third kappa shape index (κ3) is 10.6. The van der Waals surface area contributed by atoms with Gasteiger partial charge in [0.1, 0.15) is 16.4 Å². The summed E-state index contributed by atoms with van der Waals surface area (Å²) in [4.78, 5) is 20.5. The molecule has 7 aromatic rings. The van der Waals surface area contributed by atoms with Crippen LogP contribution in [-0.2, 0) is 4.87 Å². The van der Waals surface area contributed by atoms with E-state index in [1.807, 2.05) is 62.4 Å². The lowest BCUT2D eigenvalue weighted by molar-refractivity contribution is -0.0337. The summed E-state index contributed by atoms with van der Waals surface area (Å²) >= 11 is 19.5. The minimum absolute atomic E-state index is 0.126. The number of aliphatic imine (C=N–C) groups is 1. The number of nitrogens with one attached hydrogen (secondary N) is 1. The zero-order valence-electron chi connectivity index (χ0n) is 34.1. The van der Waals surface area contributed by atoms with Crippen molar-refractivity contribution in [3.63, 3.8) is 0 Å². The predicted octanol–water partition coefficient (Wildman–Crippen LogP) is 16.1. The summed E-state index contributed by atoms with van der Waals surface area (Å²) in [5.41, 5.74) is 0.422. The van der Waals surface area contributed by atoms with Gasteiger partial charge in [-0.3, -0.25) is 9.79 Å². The first kappa shape index (κ1) is 46.9. The van der Waals surface area contributed by atoms with E-state index < -0.39 is 15.9 Å². The zero-order chi connectivity index (χ0) is 46.1. The fourth-order valence-corrected chi connectivity index (χ4v) is 9.46. The molecule has 0 spiro atoms. The average molecular weight is 972 g/mol. The van der Waals surface area contributed by atoms with Gasteiger partial charge in [-0.1, -0.05) is 96.0 Å². The first-order chi connectivity index (χ1) is 30.2. The Morgan fingerprint density at radius 3 is 1.56 bits per heavy atom. The number of pyridine rings is 1. The molecule has 330 valence electrons. The van der Waals surface area contributed by atoms with Gasteiger partial charge in [0.25, 0.3) is 0 Å². The van der Waals surface area contributed by atoms with Crippen LogP contribution in [0, 0.1) is 6.92 Å². The molecule has 16 heteroatoms. The van der Waals surface area contributed by atoms with Crippen LogP contribution in [0.25, 0.3) is 44.3 Å². The van der Waals surface area contributed by atoms with Gasteiger partial charge in [-0.15, -0.1) is 11.6 Å². The Morgan fingerprint density at radius 2 is 1.08 bits per heavy atom. The second-order valence-corrected chi connectivity index (χ2v) is 18.4. The summed E-state index contributed by atoms with van der Waals surface area (Å²) in [6.45, 7) is 3.75. The molecular weight excluding hydrogens is 937 g/mol. The summed E-state index contributed by atoms with van der Waals surface area (Å²) in [6.07, 6.45) is 0.521. The van der Waals surface area contributed by atoms with Gasteiger partial charge in [0.2, 0.25) is 0 Å². The highest BCUT2D eigenvalue weighted by Gasteiger charge is 2.38. The molecule has 0 fully saturated rings. The molecule has 0 radical (unpaired) electrons. The van der Waals surface area contributed by atoms with Crippen molar-refractivity contribution in [2.75, 3.05) is 14.2 Å². The smallest absolute Gasteiger partial charge is 0.446 e. The molecule has 64 heavy (non-hydrogen) atoms. The Morgan fingerprint density at radius 1 is 0.641 bits per heavy atom. The SMILES string of the molecule is COc1cc2[nH]c(C)c(-c3ccc(-c4ccc(SC(F)(F)F)cc4)cc3)c(=O)c2cc1Cl.COc1cc2c(cc1Cl)C(Cl)(c1ccc(-c3ccc(SC(F)(F)F)cc3)cc1)CC(C)=N2. The van der Waals surface area contributed by atoms with Crippen molar-refractivity contribution < 1.29 is 35.8 Å². The van der Waals surface area contributed by atoms with Crippen molar-refractivity contribution >= 4 is 80.6 Å². The molecular formula is C48H35Cl3F6N2O3S2. The lowest BCUT2D eigenvalue weighted by Crippen LogP contribution is -2.26. The molecule has 1 unspecified atom stereocenters.